The molecule has 0 saturated heterocycles. The molecule has 0 aliphatic carbocycles. The Morgan fingerprint density at radius 1 is 0.853 bits per heavy atom. The maximum absolute atomic E-state index is 13.0. The number of benzene rings is 3. The highest BCUT2D eigenvalue weighted by atomic mass is 35.5. The van der Waals surface area contributed by atoms with Gasteiger partial charge in [-0.05, 0) is 67.4 Å². The van der Waals surface area contributed by atoms with Crippen LogP contribution in [0.3, 0.4) is 0 Å². The molecule has 34 heavy (non-hydrogen) atoms. The lowest BCUT2D eigenvalue weighted by atomic mass is 10.1. The number of aryl methyl sites for hydroxylation is 1. The second-order valence-electron chi connectivity index (χ2n) is 7.64. The van der Waals surface area contributed by atoms with Crippen LogP contribution < -0.4 is 15.5 Å². The maximum Gasteiger partial charge on any atom is 0.283 e. The predicted molar refractivity (Wildman–Crippen MR) is 136 cm³/mol. The van der Waals surface area contributed by atoms with Gasteiger partial charge in [-0.25, -0.2) is 4.90 Å². The van der Waals surface area contributed by atoms with E-state index >= 15 is 0 Å². The van der Waals surface area contributed by atoms with Gasteiger partial charge in [0, 0.05) is 27.0 Å². The van der Waals surface area contributed by atoms with Gasteiger partial charge >= 0.3 is 0 Å². The molecule has 9 heteroatoms. The number of rotatable bonds is 5. The molecule has 3 aromatic carbocycles. The van der Waals surface area contributed by atoms with Gasteiger partial charge in [0.2, 0.25) is 0 Å². The van der Waals surface area contributed by atoms with Crippen molar-refractivity contribution < 1.29 is 14.4 Å². The highest BCUT2D eigenvalue weighted by molar-refractivity contribution is 6.53. The lowest BCUT2D eigenvalue weighted by molar-refractivity contribution is -0.120. The van der Waals surface area contributed by atoms with E-state index in [-0.39, 0.29) is 16.6 Å². The molecule has 0 atom stereocenters. The van der Waals surface area contributed by atoms with Gasteiger partial charge in [-0.2, -0.15) is 0 Å². The average molecular weight is 515 g/mol. The first kappa shape index (κ1) is 23.8. The van der Waals surface area contributed by atoms with Crippen LogP contribution in [0.25, 0.3) is 0 Å². The first-order chi connectivity index (χ1) is 16.2. The normalized spacial score (nSPS) is 13.5. The Hall–Kier alpha value is -3.32. The fourth-order valence-electron chi connectivity index (χ4n) is 3.43. The van der Waals surface area contributed by atoms with E-state index in [1.54, 1.807) is 61.5 Å². The molecule has 172 valence electrons. The minimum Gasteiger partial charge on any atom is -0.349 e. The van der Waals surface area contributed by atoms with Gasteiger partial charge in [-0.1, -0.05) is 53.0 Å². The number of amides is 3. The highest BCUT2D eigenvalue weighted by Gasteiger charge is 2.39. The van der Waals surface area contributed by atoms with Crippen LogP contribution in [0, 0.1) is 13.8 Å². The van der Waals surface area contributed by atoms with Crippen LogP contribution in [-0.4, -0.2) is 17.7 Å². The summed E-state index contributed by atoms with van der Waals surface area (Å²) in [5.74, 6) is -1.65. The topological polar surface area (TPSA) is 78.5 Å². The molecular formula is C25H18Cl3N3O3. The van der Waals surface area contributed by atoms with Crippen LogP contribution in [0.2, 0.25) is 10.0 Å². The number of hydrogen-bond acceptors (Lipinski definition) is 4. The number of carbonyl (C=O) groups is 3. The van der Waals surface area contributed by atoms with Crippen molar-refractivity contribution in [2.45, 2.75) is 13.8 Å². The summed E-state index contributed by atoms with van der Waals surface area (Å²) in [7, 11) is 0. The highest BCUT2D eigenvalue weighted by Crippen LogP contribution is 2.32. The third kappa shape index (κ3) is 4.53. The zero-order valence-electron chi connectivity index (χ0n) is 18.1. The first-order valence-electron chi connectivity index (χ1n) is 10.2. The lowest BCUT2D eigenvalue weighted by Gasteiger charge is -2.16. The Kier molecular flexibility index (Phi) is 6.66. The van der Waals surface area contributed by atoms with Crippen LogP contribution in [-0.2, 0) is 9.59 Å². The second kappa shape index (κ2) is 9.50. The molecule has 0 radical (unpaired) electrons. The summed E-state index contributed by atoms with van der Waals surface area (Å²) in [6.45, 7) is 3.61. The zero-order valence-corrected chi connectivity index (χ0v) is 20.3. The summed E-state index contributed by atoms with van der Waals surface area (Å²) >= 11 is 18.4. The van der Waals surface area contributed by atoms with Crippen molar-refractivity contribution in [2.75, 3.05) is 15.5 Å². The van der Waals surface area contributed by atoms with Gasteiger partial charge in [-0.15, -0.1) is 0 Å². The third-order valence-corrected chi connectivity index (χ3v) is 6.36. The maximum atomic E-state index is 13.0. The standard InChI is InChI=1S/C25H18Cl3N3O3/c1-13-9-10-15(23(32)30-19-8-4-7-18(27)14(19)2)11-20(13)29-22-21(28)24(33)31(25(22)34)17-6-3-5-16(26)12-17/h3-12,29H,1-2H3,(H,30,32). The van der Waals surface area contributed by atoms with Crippen molar-refractivity contribution in [1.29, 1.82) is 0 Å². The number of nitrogens with one attached hydrogen (secondary N) is 2. The Balaban J connectivity index is 1.60. The fourth-order valence-corrected chi connectivity index (χ4v) is 4.00. The van der Waals surface area contributed by atoms with Crippen molar-refractivity contribution >= 4 is 69.6 Å². The molecule has 0 fully saturated rings. The molecule has 4 rings (SSSR count). The van der Waals surface area contributed by atoms with Gasteiger partial charge < -0.3 is 10.6 Å². The van der Waals surface area contributed by atoms with E-state index in [1.807, 2.05) is 6.92 Å². The fraction of sp³-hybridized carbons (Fsp3) is 0.0800. The van der Waals surface area contributed by atoms with E-state index in [1.165, 1.54) is 6.07 Å². The Bertz CT molecular complexity index is 1380. The molecule has 3 aromatic rings. The largest absolute Gasteiger partial charge is 0.349 e. The van der Waals surface area contributed by atoms with Gasteiger partial charge in [0.05, 0.1) is 5.69 Å². The molecule has 0 unspecified atom stereocenters. The number of nitrogens with zero attached hydrogens (tertiary/aromatic N) is 1. The van der Waals surface area contributed by atoms with Crippen LogP contribution >= 0.6 is 34.8 Å². The van der Waals surface area contributed by atoms with Crippen LogP contribution in [0.15, 0.2) is 71.4 Å². The van der Waals surface area contributed by atoms with Crippen molar-refractivity contribution in [3.63, 3.8) is 0 Å². The Labute approximate surface area is 211 Å². The van der Waals surface area contributed by atoms with Gasteiger partial charge in [0.15, 0.2) is 0 Å². The van der Waals surface area contributed by atoms with Crippen molar-refractivity contribution in [1.82, 2.24) is 0 Å². The molecule has 0 spiro atoms. The smallest absolute Gasteiger partial charge is 0.283 e. The van der Waals surface area contributed by atoms with E-state index < -0.39 is 11.8 Å². The number of imide groups is 1. The molecule has 6 nitrogen and oxygen atoms in total. The van der Waals surface area contributed by atoms with Gasteiger partial charge in [0.1, 0.15) is 10.7 Å². The van der Waals surface area contributed by atoms with Crippen molar-refractivity contribution in [3.8, 4) is 0 Å². The Morgan fingerprint density at radius 3 is 2.32 bits per heavy atom. The SMILES string of the molecule is Cc1ccc(C(=O)Nc2cccc(Cl)c2C)cc1NC1=C(Cl)C(=O)N(c2cccc(Cl)c2)C1=O. The molecule has 3 amide bonds. The monoisotopic (exact) mass is 513 g/mol. The van der Waals surface area contributed by atoms with Crippen LogP contribution in [0.5, 0.6) is 0 Å². The molecule has 0 bridgehead atoms. The average Bonchev–Trinajstić information content (AvgIpc) is 3.01. The summed E-state index contributed by atoms with van der Waals surface area (Å²) < 4.78 is 0. The Morgan fingerprint density at radius 2 is 1.59 bits per heavy atom. The second-order valence-corrected chi connectivity index (χ2v) is 8.86. The molecule has 2 N–H and O–H groups in total. The summed E-state index contributed by atoms with van der Waals surface area (Å²) in [6, 6.07) is 16.6. The van der Waals surface area contributed by atoms with E-state index in [0.29, 0.717) is 32.7 Å². The summed E-state index contributed by atoms with van der Waals surface area (Å²) in [4.78, 5) is 39.6. The van der Waals surface area contributed by atoms with Gasteiger partial charge in [0.25, 0.3) is 17.7 Å². The molecule has 1 aliphatic rings. The van der Waals surface area contributed by atoms with E-state index in [0.717, 1.165) is 16.0 Å². The van der Waals surface area contributed by atoms with Crippen LogP contribution in [0.4, 0.5) is 17.1 Å². The van der Waals surface area contributed by atoms with E-state index in [4.69, 9.17) is 34.8 Å². The predicted octanol–water partition coefficient (Wildman–Crippen LogP) is 6.30. The summed E-state index contributed by atoms with van der Waals surface area (Å²) in [6.07, 6.45) is 0. The van der Waals surface area contributed by atoms with Crippen LogP contribution in [0.1, 0.15) is 21.5 Å². The number of carbonyl (C=O) groups excluding carboxylic acids is 3. The molecule has 1 heterocycles. The molecule has 0 aromatic heterocycles. The number of hydrogen-bond donors (Lipinski definition) is 2. The minimum absolute atomic E-state index is 0.0852. The van der Waals surface area contributed by atoms with Crippen molar-refractivity contribution in [3.05, 3.63) is 98.1 Å². The number of anilines is 3. The minimum atomic E-state index is -0.667. The van der Waals surface area contributed by atoms with E-state index in [9.17, 15) is 14.4 Å². The first-order valence-corrected chi connectivity index (χ1v) is 11.3. The quantitative estimate of drug-likeness (QED) is 0.392. The lowest BCUT2D eigenvalue weighted by Crippen LogP contribution is -2.32. The van der Waals surface area contributed by atoms with Crippen molar-refractivity contribution in [2.24, 2.45) is 0 Å². The molecule has 0 saturated carbocycles. The molecule has 1 aliphatic heterocycles. The van der Waals surface area contributed by atoms with Gasteiger partial charge in [-0.3, -0.25) is 14.4 Å². The molecular weight excluding hydrogens is 497 g/mol. The third-order valence-electron chi connectivity index (χ3n) is 5.37. The summed E-state index contributed by atoms with van der Waals surface area (Å²) in [5, 5.41) is 6.43. The van der Waals surface area contributed by atoms with E-state index in [2.05, 4.69) is 10.6 Å². The summed E-state index contributed by atoms with van der Waals surface area (Å²) in [5.41, 5.74) is 3.10. The zero-order chi connectivity index (χ0) is 24.6. The number of halogens is 3.